The minimum absolute atomic E-state index is 0.841. The molecule has 0 radical (unpaired) electrons. The van der Waals surface area contributed by atoms with Gasteiger partial charge in [-0.1, -0.05) is 47.6 Å². The Morgan fingerprint density at radius 1 is 1.13 bits per heavy atom. The fraction of sp³-hybridized carbons (Fsp3) is 0.211. The van der Waals surface area contributed by atoms with E-state index < -0.39 is 0 Å². The first-order valence-corrected chi connectivity index (χ1v) is 8.73. The van der Waals surface area contributed by atoms with E-state index >= 15 is 0 Å². The van der Waals surface area contributed by atoms with Crippen LogP contribution >= 0.6 is 11.3 Å². The standard InChI is InChI=1S/C19H18N2OS/c1-2-5-15(6-3-1)16-8-10-21(11-9-16)14-17-13-18(22-20-17)19-7-4-12-23-19/h1-8,12-13H,9-11,14H2. The number of aromatic nitrogens is 1. The molecule has 0 saturated heterocycles. The van der Waals surface area contributed by atoms with Gasteiger partial charge in [-0.25, -0.2) is 0 Å². The van der Waals surface area contributed by atoms with E-state index in [4.69, 9.17) is 4.52 Å². The van der Waals surface area contributed by atoms with Crippen molar-refractivity contribution in [2.75, 3.05) is 13.1 Å². The largest absolute Gasteiger partial charge is 0.355 e. The summed E-state index contributed by atoms with van der Waals surface area (Å²) >= 11 is 1.68. The second-order valence-electron chi connectivity index (χ2n) is 5.74. The van der Waals surface area contributed by atoms with Crippen molar-refractivity contribution in [2.45, 2.75) is 13.0 Å². The lowest BCUT2D eigenvalue weighted by atomic mass is 9.99. The van der Waals surface area contributed by atoms with Gasteiger partial charge in [-0.3, -0.25) is 4.90 Å². The molecule has 1 aliphatic heterocycles. The molecule has 4 heteroatoms. The summed E-state index contributed by atoms with van der Waals surface area (Å²) in [5.41, 5.74) is 3.79. The van der Waals surface area contributed by atoms with Gasteiger partial charge in [0.2, 0.25) is 0 Å². The van der Waals surface area contributed by atoms with Crippen molar-refractivity contribution in [1.82, 2.24) is 10.1 Å². The van der Waals surface area contributed by atoms with Gasteiger partial charge in [0.1, 0.15) is 0 Å². The number of hydrogen-bond donors (Lipinski definition) is 0. The van der Waals surface area contributed by atoms with Crippen LogP contribution in [0.1, 0.15) is 17.7 Å². The molecule has 4 rings (SSSR count). The van der Waals surface area contributed by atoms with Gasteiger partial charge in [0.25, 0.3) is 0 Å². The van der Waals surface area contributed by atoms with Crippen molar-refractivity contribution >= 4 is 16.9 Å². The van der Waals surface area contributed by atoms with Crippen molar-refractivity contribution in [1.29, 1.82) is 0 Å². The molecule has 0 atom stereocenters. The molecule has 3 aromatic rings. The topological polar surface area (TPSA) is 29.3 Å². The molecular formula is C19H18N2OS. The zero-order valence-electron chi connectivity index (χ0n) is 12.8. The molecule has 0 amide bonds. The quantitative estimate of drug-likeness (QED) is 0.697. The lowest BCUT2D eigenvalue weighted by Crippen LogP contribution is -2.28. The number of rotatable bonds is 4. The van der Waals surface area contributed by atoms with Gasteiger partial charge >= 0.3 is 0 Å². The average molecular weight is 322 g/mol. The van der Waals surface area contributed by atoms with Crippen molar-refractivity contribution in [3.8, 4) is 10.6 Å². The van der Waals surface area contributed by atoms with E-state index in [0.29, 0.717) is 0 Å². The first-order valence-electron chi connectivity index (χ1n) is 7.85. The van der Waals surface area contributed by atoms with Crippen LogP contribution in [0.25, 0.3) is 16.2 Å². The van der Waals surface area contributed by atoms with E-state index in [1.54, 1.807) is 11.3 Å². The third-order valence-electron chi connectivity index (χ3n) is 4.15. The summed E-state index contributed by atoms with van der Waals surface area (Å²) in [6.07, 6.45) is 3.42. The summed E-state index contributed by atoms with van der Waals surface area (Å²) in [7, 11) is 0. The van der Waals surface area contributed by atoms with Crippen molar-refractivity contribution < 1.29 is 4.52 Å². The Kier molecular flexibility index (Phi) is 4.09. The van der Waals surface area contributed by atoms with Crippen LogP contribution in [0, 0.1) is 0 Å². The van der Waals surface area contributed by atoms with Crippen LogP contribution in [0.5, 0.6) is 0 Å². The summed E-state index contributed by atoms with van der Waals surface area (Å²) < 4.78 is 5.46. The maximum Gasteiger partial charge on any atom is 0.177 e. The van der Waals surface area contributed by atoms with E-state index in [0.717, 1.165) is 42.4 Å². The van der Waals surface area contributed by atoms with Crippen LogP contribution in [-0.4, -0.2) is 23.1 Å². The van der Waals surface area contributed by atoms with E-state index in [2.05, 4.69) is 64.0 Å². The predicted octanol–water partition coefficient (Wildman–Crippen LogP) is 4.69. The first-order chi connectivity index (χ1) is 11.4. The molecule has 3 heterocycles. The van der Waals surface area contributed by atoms with Crippen molar-refractivity contribution in [2.24, 2.45) is 0 Å². The number of nitrogens with zero attached hydrogens (tertiary/aromatic N) is 2. The monoisotopic (exact) mass is 322 g/mol. The normalized spacial score (nSPS) is 15.6. The van der Waals surface area contributed by atoms with Gasteiger partial charge in [0, 0.05) is 25.7 Å². The van der Waals surface area contributed by atoms with Crippen LogP contribution in [-0.2, 0) is 6.54 Å². The maximum atomic E-state index is 5.46. The molecule has 1 aliphatic rings. The highest BCUT2D eigenvalue weighted by atomic mass is 32.1. The fourth-order valence-electron chi connectivity index (χ4n) is 2.92. The van der Waals surface area contributed by atoms with Crippen LogP contribution in [0.2, 0.25) is 0 Å². The average Bonchev–Trinajstić information content (AvgIpc) is 3.28. The van der Waals surface area contributed by atoms with E-state index in [1.807, 2.05) is 6.07 Å². The molecule has 3 nitrogen and oxygen atoms in total. The molecule has 116 valence electrons. The summed E-state index contributed by atoms with van der Waals surface area (Å²) in [5.74, 6) is 0.868. The molecule has 2 aromatic heterocycles. The SMILES string of the molecule is C1=C(c2ccccc2)CCN(Cc2cc(-c3cccs3)on2)C1. The number of thiophene rings is 1. The molecule has 23 heavy (non-hydrogen) atoms. The summed E-state index contributed by atoms with van der Waals surface area (Å²) in [6, 6.07) is 16.8. The minimum atomic E-state index is 0.841. The number of benzene rings is 1. The van der Waals surface area contributed by atoms with Gasteiger partial charge < -0.3 is 4.52 Å². The minimum Gasteiger partial charge on any atom is -0.355 e. The third-order valence-corrected chi connectivity index (χ3v) is 5.03. The predicted molar refractivity (Wildman–Crippen MR) is 94.1 cm³/mol. The molecule has 0 bridgehead atoms. The Morgan fingerprint density at radius 2 is 2.04 bits per heavy atom. The summed E-state index contributed by atoms with van der Waals surface area (Å²) in [4.78, 5) is 3.54. The maximum absolute atomic E-state index is 5.46. The Balaban J connectivity index is 1.41. The Hall–Kier alpha value is -2.17. The van der Waals surface area contributed by atoms with Crippen molar-refractivity contribution in [3.63, 3.8) is 0 Å². The zero-order chi connectivity index (χ0) is 15.5. The van der Waals surface area contributed by atoms with Crippen LogP contribution < -0.4 is 0 Å². The van der Waals surface area contributed by atoms with Crippen molar-refractivity contribution in [3.05, 3.63) is 71.2 Å². The third kappa shape index (κ3) is 3.28. The zero-order valence-corrected chi connectivity index (χ0v) is 13.6. The molecule has 1 aromatic carbocycles. The van der Waals surface area contributed by atoms with Gasteiger partial charge in [-0.2, -0.15) is 0 Å². The van der Waals surface area contributed by atoms with Gasteiger partial charge in [-0.05, 0) is 29.0 Å². The molecule has 0 saturated carbocycles. The molecule has 0 fully saturated rings. The van der Waals surface area contributed by atoms with E-state index in [-0.39, 0.29) is 0 Å². The lowest BCUT2D eigenvalue weighted by molar-refractivity contribution is 0.282. The fourth-order valence-corrected chi connectivity index (χ4v) is 3.59. The Labute approximate surface area is 139 Å². The highest BCUT2D eigenvalue weighted by Gasteiger charge is 2.15. The number of hydrogen-bond acceptors (Lipinski definition) is 4. The van der Waals surface area contributed by atoms with Crippen LogP contribution in [0.15, 0.2) is 64.5 Å². The highest BCUT2D eigenvalue weighted by Crippen LogP contribution is 2.26. The molecule has 0 N–H and O–H groups in total. The van der Waals surface area contributed by atoms with Crippen LogP contribution in [0.4, 0.5) is 0 Å². The van der Waals surface area contributed by atoms with Gasteiger partial charge in [0.15, 0.2) is 5.76 Å². The van der Waals surface area contributed by atoms with Crippen LogP contribution in [0.3, 0.4) is 0 Å². The second kappa shape index (κ2) is 6.52. The molecular weight excluding hydrogens is 304 g/mol. The smallest absolute Gasteiger partial charge is 0.177 e. The highest BCUT2D eigenvalue weighted by molar-refractivity contribution is 7.13. The molecule has 0 unspecified atom stereocenters. The van der Waals surface area contributed by atoms with Gasteiger partial charge in [-0.15, -0.1) is 11.3 Å². The van der Waals surface area contributed by atoms with Gasteiger partial charge in [0.05, 0.1) is 10.6 Å². The second-order valence-corrected chi connectivity index (χ2v) is 6.69. The Morgan fingerprint density at radius 3 is 2.78 bits per heavy atom. The molecule has 0 aliphatic carbocycles. The summed E-state index contributed by atoms with van der Waals surface area (Å²) in [5, 5.41) is 6.27. The summed E-state index contributed by atoms with van der Waals surface area (Å²) in [6.45, 7) is 2.86. The van der Waals surface area contributed by atoms with E-state index in [1.165, 1.54) is 11.1 Å². The molecule has 0 spiro atoms. The Bertz CT molecular complexity index is 790. The van der Waals surface area contributed by atoms with E-state index in [9.17, 15) is 0 Å². The lowest BCUT2D eigenvalue weighted by Gasteiger charge is -2.25. The first kappa shape index (κ1) is 14.4.